The summed E-state index contributed by atoms with van der Waals surface area (Å²) in [5.41, 5.74) is 1.24. The van der Waals surface area contributed by atoms with Crippen molar-refractivity contribution in [2.24, 2.45) is 0 Å². The number of benzene rings is 1. The molecule has 0 aliphatic rings. The molecule has 3 nitrogen and oxygen atoms in total. The van der Waals surface area contributed by atoms with Gasteiger partial charge >= 0.3 is 0 Å². The summed E-state index contributed by atoms with van der Waals surface area (Å²) >= 11 is 0. The van der Waals surface area contributed by atoms with Crippen molar-refractivity contribution >= 4 is 11.9 Å². The number of rotatable bonds is 5. The molecule has 0 aliphatic carbocycles. The Morgan fingerprint density at radius 2 is 1.94 bits per heavy atom. The van der Waals surface area contributed by atoms with Gasteiger partial charge in [-0.1, -0.05) is 0 Å². The second-order valence-electron chi connectivity index (χ2n) is 4.48. The number of anilines is 1. The molecular formula is C13H19FN2O. The van der Waals surface area contributed by atoms with Crippen molar-refractivity contribution in [2.45, 2.75) is 39.8 Å². The van der Waals surface area contributed by atoms with Crippen molar-refractivity contribution in [3.8, 4) is 5.75 Å². The summed E-state index contributed by atoms with van der Waals surface area (Å²) in [5, 5.41) is 10.4. The van der Waals surface area contributed by atoms with Gasteiger partial charge in [-0.2, -0.15) is 0 Å². The molecule has 4 heteroatoms. The zero-order valence-corrected chi connectivity index (χ0v) is 10.7. The molecule has 1 aromatic carbocycles. The lowest BCUT2D eigenvalue weighted by Gasteiger charge is -2.16. The van der Waals surface area contributed by atoms with Gasteiger partial charge in [0, 0.05) is 29.6 Å². The highest BCUT2D eigenvalue weighted by atomic mass is 19.1. The Morgan fingerprint density at radius 1 is 1.29 bits per heavy atom. The maximum absolute atomic E-state index is 13.7. The van der Waals surface area contributed by atoms with Crippen molar-refractivity contribution < 1.29 is 9.13 Å². The smallest absolute Gasteiger partial charge is 0.167 e. The van der Waals surface area contributed by atoms with E-state index in [0.29, 0.717) is 11.3 Å². The Hall–Kier alpha value is -1.58. The number of halogens is 1. The Morgan fingerprint density at radius 3 is 2.41 bits per heavy atom. The van der Waals surface area contributed by atoms with Crippen LogP contribution in [0.1, 0.15) is 33.3 Å². The summed E-state index contributed by atoms with van der Waals surface area (Å²) in [5.74, 6) is -0.222. The first-order valence-electron chi connectivity index (χ1n) is 5.71. The Labute approximate surface area is 102 Å². The van der Waals surface area contributed by atoms with Gasteiger partial charge in [-0.15, -0.1) is 0 Å². The lowest BCUT2D eigenvalue weighted by molar-refractivity contribution is 0.231. The highest BCUT2D eigenvalue weighted by Crippen LogP contribution is 2.26. The van der Waals surface area contributed by atoms with Gasteiger partial charge in [-0.3, -0.25) is 0 Å². The highest BCUT2D eigenvalue weighted by molar-refractivity contribution is 5.86. The van der Waals surface area contributed by atoms with Gasteiger partial charge in [0.1, 0.15) is 0 Å². The molecular weight excluding hydrogens is 219 g/mol. The predicted molar refractivity (Wildman–Crippen MR) is 68.8 cm³/mol. The van der Waals surface area contributed by atoms with Crippen molar-refractivity contribution in [1.29, 1.82) is 5.41 Å². The molecule has 0 bridgehead atoms. The van der Waals surface area contributed by atoms with Crippen molar-refractivity contribution in [3.05, 3.63) is 23.5 Å². The third-order valence-corrected chi connectivity index (χ3v) is 2.07. The van der Waals surface area contributed by atoms with Crippen LogP contribution in [0.15, 0.2) is 12.1 Å². The van der Waals surface area contributed by atoms with Gasteiger partial charge < -0.3 is 15.5 Å². The third-order valence-electron chi connectivity index (χ3n) is 2.07. The van der Waals surface area contributed by atoms with Crippen LogP contribution in [0.2, 0.25) is 0 Å². The normalized spacial score (nSPS) is 10.8. The minimum Gasteiger partial charge on any atom is -0.488 e. The molecule has 0 saturated carbocycles. The van der Waals surface area contributed by atoms with Crippen LogP contribution in [0.25, 0.3) is 0 Å². The molecule has 17 heavy (non-hydrogen) atoms. The summed E-state index contributed by atoms with van der Waals surface area (Å²) in [7, 11) is 0. The summed E-state index contributed by atoms with van der Waals surface area (Å²) in [6.45, 7) is 7.60. The van der Waals surface area contributed by atoms with E-state index in [1.54, 1.807) is 6.07 Å². The molecule has 0 unspecified atom stereocenters. The van der Waals surface area contributed by atoms with E-state index < -0.39 is 5.82 Å². The summed E-state index contributed by atoms with van der Waals surface area (Å²) in [6.07, 6.45) is 1.10. The van der Waals surface area contributed by atoms with Crippen molar-refractivity contribution in [2.75, 3.05) is 5.32 Å². The van der Waals surface area contributed by atoms with Crippen LogP contribution >= 0.6 is 0 Å². The average Bonchev–Trinajstić information content (AvgIpc) is 2.20. The predicted octanol–water partition coefficient (Wildman–Crippen LogP) is 3.43. The van der Waals surface area contributed by atoms with Crippen LogP contribution in [0.4, 0.5) is 10.1 Å². The van der Waals surface area contributed by atoms with Crippen molar-refractivity contribution in [1.82, 2.24) is 0 Å². The monoisotopic (exact) mass is 238 g/mol. The van der Waals surface area contributed by atoms with Crippen LogP contribution in [-0.4, -0.2) is 18.4 Å². The minimum absolute atomic E-state index is 0.0907. The van der Waals surface area contributed by atoms with Crippen LogP contribution < -0.4 is 10.1 Å². The molecule has 0 radical (unpaired) electrons. The molecule has 0 atom stereocenters. The minimum atomic E-state index is -0.410. The summed E-state index contributed by atoms with van der Waals surface area (Å²) in [6, 6.07) is 3.11. The topological polar surface area (TPSA) is 45.1 Å². The highest BCUT2D eigenvalue weighted by Gasteiger charge is 2.11. The van der Waals surface area contributed by atoms with Gasteiger partial charge in [0.2, 0.25) is 0 Å². The van der Waals surface area contributed by atoms with E-state index >= 15 is 0 Å². The lowest BCUT2D eigenvalue weighted by Crippen LogP contribution is -2.13. The molecule has 2 N–H and O–H groups in total. The molecule has 1 aromatic rings. The van der Waals surface area contributed by atoms with E-state index in [4.69, 9.17) is 10.1 Å². The Balaban J connectivity index is 3.10. The molecule has 0 spiro atoms. The van der Waals surface area contributed by atoms with Crippen molar-refractivity contribution in [3.63, 3.8) is 0 Å². The van der Waals surface area contributed by atoms with Gasteiger partial charge in [0.15, 0.2) is 11.6 Å². The zero-order chi connectivity index (χ0) is 13.0. The van der Waals surface area contributed by atoms with E-state index in [9.17, 15) is 4.39 Å². The van der Waals surface area contributed by atoms with Crippen LogP contribution in [-0.2, 0) is 0 Å². The average molecular weight is 238 g/mol. The second-order valence-corrected chi connectivity index (χ2v) is 4.48. The first-order chi connectivity index (χ1) is 7.93. The van der Waals surface area contributed by atoms with E-state index in [0.717, 1.165) is 0 Å². The van der Waals surface area contributed by atoms with E-state index in [1.165, 1.54) is 12.3 Å². The molecule has 0 saturated heterocycles. The quantitative estimate of drug-likeness (QED) is 0.772. The molecule has 94 valence electrons. The van der Waals surface area contributed by atoms with Crippen LogP contribution in [0.3, 0.4) is 0 Å². The zero-order valence-electron chi connectivity index (χ0n) is 10.7. The summed E-state index contributed by atoms with van der Waals surface area (Å²) in [4.78, 5) is 0. The van der Waals surface area contributed by atoms with E-state index in [2.05, 4.69) is 5.32 Å². The lowest BCUT2D eigenvalue weighted by atomic mass is 10.1. The van der Waals surface area contributed by atoms with Crippen LogP contribution in [0, 0.1) is 11.2 Å². The first kappa shape index (κ1) is 13.5. The number of hydrogen-bond donors (Lipinski definition) is 2. The molecule has 0 heterocycles. The molecule has 0 aromatic heterocycles. The van der Waals surface area contributed by atoms with Gasteiger partial charge in [-0.25, -0.2) is 4.39 Å². The fraction of sp³-hybridized carbons (Fsp3) is 0.462. The largest absolute Gasteiger partial charge is 0.488 e. The number of hydrogen-bond acceptors (Lipinski definition) is 3. The van der Waals surface area contributed by atoms with Gasteiger partial charge in [0.05, 0.1) is 6.10 Å². The molecule has 0 fully saturated rings. The summed E-state index contributed by atoms with van der Waals surface area (Å²) < 4.78 is 19.1. The maximum Gasteiger partial charge on any atom is 0.167 e. The first-order valence-corrected chi connectivity index (χ1v) is 5.71. The number of nitrogens with one attached hydrogen (secondary N) is 2. The molecule has 0 amide bonds. The molecule has 1 rings (SSSR count). The number of ether oxygens (including phenoxy) is 1. The molecule has 0 aliphatic heterocycles. The van der Waals surface area contributed by atoms with E-state index in [1.807, 2.05) is 27.7 Å². The second kappa shape index (κ2) is 5.66. The van der Waals surface area contributed by atoms with Gasteiger partial charge in [-0.05, 0) is 33.8 Å². The standard InChI is InChI=1S/C13H19FN2O/c1-8(2)16-12-6-11(14)13(17-9(3)4)5-10(12)7-15/h5-9,15-16H,1-4H3. The fourth-order valence-electron chi connectivity index (χ4n) is 1.47. The SMILES string of the molecule is CC(C)Nc1cc(F)c(OC(C)C)cc1C=N. The third kappa shape index (κ3) is 3.73. The maximum atomic E-state index is 13.7. The Kier molecular flexibility index (Phi) is 4.49. The Bertz CT molecular complexity index is 403. The van der Waals surface area contributed by atoms with Crippen LogP contribution in [0.5, 0.6) is 5.75 Å². The fourth-order valence-corrected chi connectivity index (χ4v) is 1.47. The van der Waals surface area contributed by atoms with Gasteiger partial charge in [0.25, 0.3) is 0 Å². The van der Waals surface area contributed by atoms with E-state index in [-0.39, 0.29) is 17.9 Å².